The first-order chi connectivity index (χ1) is 8.45. The molecule has 0 saturated heterocycles. The molecule has 0 aromatic carbocycles. The maximum absolute atomic E-state index is 13.1. The van der Waals surface area contributed by atoms with Crippen LogP contribution in [0.5, 0.6) is 0 Å². The summed E-state index contributed by atoms with van der Waals surface area (Å²) >= 11 is 0. The molecule has 100 valence electrons. The first kappa shape index (κ1) is 14.6. The third-order valence-electron chi connectivity index (χ3n) is 3.09. The molecule has 0 spiro atoms. The zero-order valence-electron chi connectivity index (χ0n) is 10.9. The van der Waals surface area contributed by atoms with Gasteiger partial charge in [-0.15, -0.1) is 0 Å². The number of aliphatic carboxylic acids is 1. The number of hydrogen-bond acceptors (Lipinski definition) is 3. The Hall–Kier alpha value is -1.49. The minimum absolute atomic E-state index is 0.0556. The molecule has 2 unspecified atom stereocenters. The van der Waals surface area contributed by atoms with E-state index >= 15 is 0 Å². The molecular weight excluding hydrogens is 235 g/mol. The number of carboxylic acids is 1. The van der Waals surface area contributed by atoms with Gasteiger partial charge in [0.05, 0.1) is 12.1 Å². The second-order valence-electron chi connectivity index (χ2n) is 4.44. The summed E-state index contributed by atoms with van der Waals surface area (Å²) in [4.78, 5) is 16.7. The summed E-state index contributed by atoms with van der Waals surface area (Å²) in [7, 11) is 0. The fraction of sp³-hybridized carbons (Fsp3) is 0.538. The second-order valence-corrected chi connectivity index (χ2v) is 4.44. The van der Waals surface area contributed by atoms with Crippen LogP contribution in [0.2, 0.25) is 0 Å². The van der Waals surface area contributed by atoms with Gasteiger partial charge in [0, 0.05) is 18.8 Å². The predicted octanol–water partition coefficient (Wildman–Crippen LogP) is 2.32. The van der Waals surface area contributed by atoms with Crippen LogP contribution in [-0.4, -0.2) is 34.0 Å². The van der Waals surface area contributed by atoms with Crippen LogP contribution in [0.25, 0.3) is 0 Å². The monoisotopic (exact) mass is 254 g/mol. The Kier molecular flexibility index (Phi) is 5.22. The highest BCUT2D eigenvalue weighted by Gasteiger charge is 2.20. The van der Waals surface area contributed by atoms with E-state index in [0.717, 1.165) is 11.8 Å². The van der Waals surface area contributed by atoms with E-state index in [2.05, 4.69) is 4.98 Å². The Morgan fingerprint density at radius 2 is 2.17 bits per heavy atom. The zero-order chi connectivity index (χ0) is 13.7. The summed E-state index contributed by atoms with van der Waals surface area (Å²) in [5.41, 5.74) is 0.759. The molecule has 18 heavy (non-hydrogen) atoms. The largest absolute Gasteiger partial charge is 0.481 e. The first-order valence-corrected chi connectivity index (χ1v) is 6.03. The summed E-state index contributed by atoms with van der Waals surface area (Å²) in [6, 6.07) is 1.38. The standard InChI is InChI=1S/C13H19FN2O2/c1-4-16(8-9(2)13(17)18)10(3)11-5-12(14)7-15-6-11/h5-7,9-10H,4,8H2,1-3H3,(H,17,18). The average molecular weight is 254 g/mol. The van der Waals surface area contributed by atoms with Crippen molar-refractivity contribution in [1.29, 1.82) is 0 Å². The Bertz CT molecular complexity index is 412. The highest BCUT2D eigenvalue weighted by atomic mass is 19.1. The van der Waals surface area contributed by atoms with Crippen LogP contribution in [0, 0.1) is 11.7 Å². The maximum Gasteiger partial charge on any atom is 0.307 e. The number of halogens is 1. The van der Waals surface area contributed by atoms with Crippen molar-refractivity contribution < 1.29 is 14.3 Å². The summed E-state index contributed by atoms with van der Waals surface area (Å²) in [5.74, 6) is -1.64. The molecule has 0 amide bonds. The lowest BCUT2D eigenvalue weighted by Gasteiger charge is -2.29. The summed E-state index contributed by atoms with van der Waals surface area (Å²) in [5, 5.41) is 8.92. The highest BCUT2D eigenvalue weighted by molar-refractivity contribution is 5.69. The van der Waals surface area contributed by atoms with E-state index in [0.29, 0.717) is 13.1 Å². The van der Waals surface area contributed by atoms with Crippen LogP contribution in [0.3, 0.4) is 0 Å². The van der Waals surface area contributed by atoms with Gasteiger partial charge in [-0.1, -0.05) is 13.8 Å². The molecule has 5 heteroatoms. The van der Waals surface area contributed by atoms with Gasteiger partial charge < -0.3 is 5.11 Å². The lowest BCUT2D eigenvalue weighted by Crippen LogP contribution is -2.34. The topological polar surface area (TPSA) is 53.4 Å². The zero-order valence-corrected chi connectivity index (χ0v) is 10.9. The van der Waals surface area contributed by atoms with Gasteiger partial charge in [-0.3, -0.25) is 14.7 Å². The Balaban J connectivity index is 2.79. The average Bonchev–Trinajstić information content (AvgIpc) is 2.34. The molecule has 1 N–H and O–H groups in total. The van der Waals surface area contributed by atoms with Crippen molar-refractivity contribution in [3.05, 3.63) is 29.8 Å². The van der Waals surface area contributed by atoms with Crippen LogP contribution in [0.1, 0.15) is 32.4 Å². The number of pyridine rings is 1. The minimum Gasteiger partial charge on any atom is -0.481 e. The molecule has 4 nitrogen and oxygen atoms in total. The molecule has 1 aromatic heterocycles. The van der Waals surface area contributed by atoms with Crippen LogP contribution in [0.4, 0.5) is 4.39 Å². The van der Waals surface area contributed by atoms with Gasteiger partial charge in [-0.25, -0.2) is 4.39 Å². The number of hydrogen-bond donors (Lipinski definition) is 1. The Labute approximate surface area is 106 Å². The van der Waals surface area contributed by atoms with Gasteiger partial charge in [-0.05, 0) is 25.1 Å². The van der Waals surface area contributed by atoms with E-state index in [1.807, 2.05) is 18.7 Å². The normalized spacial score (nSPS) is 14.5. The summed E-state index contributed by atoms with van der Waals surface area (Å²) < 4.78 is 13.1. The Morgan fingerprint density at radius 3 is 2.67 bits per heavy atom. The molecular formula is C13H19FN2O2. The third kappa shape index (κ3) is 3.77. The Morgan fingerprint density at radius 1 is 1.50 bits per heavy atom. The van der Waals surface area contributed by atoms with E-state index in [-0.39, 0.29) is 11.9 Å². The maximum atomic E-state index is 13.1. The molecule has 0 radical (unpaired) electrons. The van der Waals surface area contributed by atoms with E-state index in [1.54, 1.807) is 13.1 Å². The number of carboxylic acid groups (broad SMARTS) is 1. The SMILES string of the molecule is CCN(CC(C)C(=O)O)C(C)c1cncc(F)c1. The highest BCUT2D eigenvalue weighted by Crippen LogP contribution is 2.20. The summed E-state index contributed by atoms with van der Waals surface area (Å²) in [6.07, 6.45) is 2.77. The smallest absolute Gasteiger partial charge is 0.307 e. The minimum atomic E-state index is -0.821. The van der Waals surface area contributed by atoms with Crippen molar-refractivity contribution >= 4 is 5.97 Å². The van der Waals surface area contributed by atoms with Gasteiger partial charge in [0.2, 0.25) is 0 Å². The third-order valence-corrected chi connectivity index (χ3v) is 3.09. The van der Waals surface area contributed by atoms with Crippen molar-refractivity contribution in [3.63, 3.8) is 0 Å². The van der Waals surface area contributed by atoms with Crippen LogP contribution < -0.4 is 0 Å². The lowest BCUT2D eigenvalue weighted by atomic mass is 10.1. The first-order valence-electron chi connectivity index (χ1n) is 6.03. The molecule has 0 fully saturated rings. The van der Waals surface area contributed by atoms with Gasteiger partial charge in [0.1, 0.15) is 5.82 Å². The fourth-order valence-corrected chi connectivity index (χ4v) is 1.86. The second kappa shape index (κ2) is 6.44. The van der Waals surface area contributed by atoms with Crippen LogP contribution in [0.15, 0.2) is 18.5 Å². The van der Waals surface area contributed by atoms with Gasteiger partial charge in [-0.2, -0.15) is 0 Å². The number of nitrogens with zero attached hydrogens (tertiary/aromatic N) is 2. The molecule has 2 atom stereocenters. The summed E-state index contributed by atoms with van der Waals surface area (Å²) in [6.45, 7) is 6.69. The van der Waals surface area contributed by atoms with E-state index in [1.165, 1.54) is 6.07 Å². The van der Waals surface area contributed by atoms with Crippen molar-refractivity contribution in [2.45, 2.75) is 26.8 Å². The molecule has 0 bridgehead atoms. The lowest BCUT2D eigenvalue weighted by molar-refractivity contribution is -0.141. The van der Waals surface area contributed by atoms with Crippen molar-refractivity contribution in [2.75, 3.05) is 13.1 Å². The molecule has 1 heterocycles. The molecule has 1 aromatic rings. The van der Waals surface area contributed by atoms with E-state index in [9.17, 15) is 9.18 Å². The van der Waals surface area contributed by atoms with Crippen molar-refractivity contribution in [3.8, 4) is 0 Å². The number of aromatic nitrogens is 1. The van der Waals surface area contributed by atoms with Crippen molar-refractivity contribution in [1.82, 2.24) is 9.88 Å². The quantitative estimate of drug-likeness (QED) is 0.846. The molecule has 0 aliphatic rings. The van der Waals surface area contributed by atoms with Gasteiger partial charge in [0.15, 0.2) is 0 Å². The predicted molar refractivity (Wildman–Crippen MR) is 66.7 cm³/mol. The molecule has 1 rings (SSSR count). The van der Waals surface area contributed by atoms with Gasteiger partial charge >= 0.3 is 5.97 Å². The fourth-order valence-electron chi connectivity index (χ4n) is 1.86. The number of rotatable bonds is 6. The molecule has 0 aliphatic heterocycles. The molecule has 0 saturated carbocycles. The molecule has 0 aliphatic carbocycles. The van der Waals surface area contributed by atoms with Crippen molar-refractivity contribution in [2.24, 2.45) is 5.92 Å². The van der Waals surface area contributed by atoms with Crippen LogP contribution in [-0.2, 0) is 4.79 Å². The van der Waals surface area contributed by atoms with E-state index < -0.39 is 11.9 Å². The van der Waals surface area contributed by atoms with E-state index in [4.69, 9.17) is 5.11 Å². The van der Waals surface area contributed by atoms with Crippen LogP contribution >= 0.6 is 0 Å². The van der Waals surface area contributed by atoms with Gasteiger partial charge in [0.25, 0.3) is 0 Å². The number of carbonyl (C=O) groups is 1.